The van der Waals surface area contributed by atoms with Gasteiger partial charge in [-0.3, -0.25) is 0 Å². The van der Waals surface area contributed by atoms with Crippen molar-refractivity contribution in [2.45, 2.75) is 11.7 Å². The molecule has 1 unspecified atom stereocenters. The molecule has 0 aromatic heterocycles. The van der Waals surface area contributed by atoms with E-state index in [0.717, 1.165) is 5.56 Å². The molecular weight excluding hydrogens is 240 g/mol. The predicted molar refractivity (Wildman–Crippen MR) is 72.6 cm³/mol. The van der Waals surface area contributed by atoms with E-state index in [9.17, 15) is 15.3 Å². The molecule has 0 bridgehead atoms. The predicted octanol–water partition coefficient (Wildman–Crippen LogP) is 2.23. The number of aromatic hydroxyl groups is 1. The van der Waals surface area contributed by atoms with Gasteiger partial charge in [0.15, 0.2) is 5.79 Å². The number of aliphatic hydroxyl groups is 2. The van der Waals surface area contributed by atoms with Crippen LogP contribution in [0.2, 0.25) is 0 Å². The lowest BCUT2D eigenvalue weighted by Gasteiger charge is -2.33. The minimum absolute atomic E-state index is 0.144. The summed E-state index contributed by atoms with van der Waals surface area (Å²) in [5, 5.41) is 30.3. The fourth-order valence-electron chi connectivity index (χ4n) is 2.61. The van der Waals surface area contributed by atoms with Gasteiger partial charge in [-0.25, -0.2) is 0 Å². The molecule has 19 heavy (non-hydrogen) atoms. The van der Waals surface area contributed by atoms with Crippen molar-refractivity contribution in [1.82, 2.24) is 0 Å². The molecule has 0 fully saturated rings. The maximum absolute atomic E-state index is 10.2. The fourth-order valence-corrected chi connectivity index (χ4v) is 2.61. The van der Waals surface area contributed by atoms with Crippen LogP contribution in [0.1, 0.15) is 22.6 Å². The Bertz CT molecular complexity index is 630. The third-order valence-electron chi connectivity index (χ3n) is 3.48. The van der Waals surface area contributed by atoms with E-state index in [1.54, 1.807) is 24.3 Å². The Morgan fingerprint density at radius 1 is 0.895 bits per heavy atom. The highest BCUT2D eigenvalue weighted by Gasteiger charge is 2.38. The van der Waals surface area contributed by atoms with Crippen molar-refractivity contribution < 1.29 is 15.3 Å². The lowest BCUT2D eigenvalue weighted by Crippen LogP contribution is -2.36. The molecule has 2 aromatic rings. The monoisotopic (exact) mass is 254 g/mol. The first kappa shape index (κ1) is 12.0. The topological polar surface area (TPSA) is 60.7 Å². The lowest BCUT2D eigenvalue weighted by atomic mass is 9.78. The molecule has 0 spiro atoms. The Labute approximate surface area is 111 Å². The zero-order chi connectivity index (χ0) is 13.5. The van der Waals surface area contributed by atoms with Gasteiger partial charge in [0, 0.05) is 5.56 Å². The molecule has 1 aliphatic carbocycles. The van der Waals surface area contributed by atoms with Gasteiger partial charge in [0.05, 0.1) is 5.92 Å². The van der Waals surface area contributed by atoms with Gasteiger partial charge in [0.25, 0.3) is 0 Å². The van der Waals surface area contributed by atoms with E-state index in [1.807, 2.05) is 30.3 Å². The van der Waals surface area contributed by atoms with E-state index in [4.69, 9.17) is 0 Å². The van der Waals surface area contributed by atoms with Crippen molar-refractivity contribution in [3.63, 3.8) is 0 Å². The first-order valence-electron chi connectivity index (χ1n) is 6.10. The number of hydrogen-bond donors (Lipinski definition) is 3. The number of benzene rings is 2. The second kappa shape index (κ2) is 4.23. The van der Waals surface area contributed by atoms with Crippen LogP contribution < -0.4 is 0 Å². The SMILES string of the molecule is Oc1cccc2c1C=CC(O)(O)C2c1ccccc1. The molecule has 1 aliphatic rings. The van der Waals surface area contributed by atoms with E-state index < -0.39 is 11.7 Å². The number of rotatable bonds is 1. The first-order valence-corrected chi connectivity index (χ1v) is 6.10. The molecule has 3 heteroatoms. The van der Waals surface area contributed by atoms with Crippen LogP contribution in [0.4, 0.5) is 0 Å². The molecule has 0 heterocycles. The standard InChI is InChI=1S/C16H14O3/c17-14-8-4-7-13-12(14)9-10-16(18,19)15(13)11-5-2-1-3-6-11/h1-10,15,17-19H. The largest absolute Gasteiger partial charge is 0.507 e. The van der Waals surface area contributed by atoms with E-state index in [1.165, 1.54) is 6.08 Å². The summed E-state index contributed by atoms with van der Waals surface area (Å²) < 4.78 is 0. The molecule has 0 saturated carbocycles. The van der Waals surface area contributed by atoms with Crippen molar-refractivity contribution in [3.05, 3.63) is 71.3 Å². The normalized spacial score (nSPS) is 20.0. The van der Waals surface area contributed by atoms with Crippen molar-refractivity contribution in [2.24, 2.45) is 0 Å². The molecule has 2 aromatic carbocycles. The highest BCUT2D eigenvalue weighted by molar-refractivity contribution is 5.67. The van der Waals surface area contributed by atoms with Crippen molar-refractivity contribution in [1.29, 1.82) is 0 Å². The molecular formula is C16H14O3. The fraction of sp³-hybridized carbons (Fsp3) is 0.125. The van der Waals surface area contributed by atoms with E-state index in [-0.39, 0.29) is 5.75 Å². The van der Waals surface area contributed by atoms with Crippen LogP contribution in [0.15, 0.2) is 54.6 Å². The smallest absolute Gasteiger partial charge is 0.194 e. The van der Waals surface area contributed by atoms with Crippen LogP contribution in [0.3, 0.4) is 0 Å². The highest BCUT2D eigenvalue weighted by atomic mass is 16.5. The third kappa shape index (κ3) is 1.93. The second-order valence-corrected chi connectivity index (χ2v) is 4.74. The van der Waals surface area contributed by atoms with Gasteiger partial charge < -0.3 is 15.3 Å². The van der Waals surface area contributed by atoms with Gasteiger partial charge in [-0.1, -0.05) is 42.5 Å². The molecule has 3 rings (SSSR count). The summed E-state index contributed by atoms with van der Waals surface area (Å²) in [5.41, 5.74) is 2.14. The Morgan fingerprint density at radius 2 is 1.63 bits per heavy atom. The Morgan fingerprint density at radius 3 is 2.37 bits per heavy atom. The van der Waals surface area contributed by atoms with Crippen molar-refractivity contribution in [2.75, 3.05) is 0 Å². The summed E-state index contributed by atoms with van der Waals surface area (Å²) in [6.07, 6.45) is 2.86. The van der Waals surface area contributed by atoms with Gasteiger partial charge >= 0.3 is 0 Å². The lowest BCUT2D eigenvalue weighted by molar-refractivity contribution is -0.129. The van der Waals surface area contributed by atoms with Gasteiger partial charge in [-0.15, -0.1) is 0 Å². The van der Waals surface area contributed by atoms with Crippen LogP contribution in [0.5, 0.6) is 5.75 Å². The Kier molecular flexibility index (Phi) is 2.66. The van der Waals surface area contributed by atoms with Crippen LogP contribution in [0.25, 0.3) is 6.08 Å². The molecule has 0 saturated heterocycles. The maximum atomic E-state index is 10.2. The van der Waals surface area contributed by atoms with Gasteiger partial charge in [-0.2, -0.15) is 0 Å². The van der Waals surface area contributed by atoms with Crippen molar-refractivity contribution in [3.8, 4) is 5.75 Å². The van der Waals surface area contributed by atoms with Gasteiger partial charge in [0.1, 0.15) is 5.75 Å². The van der Waals surface area contributed by atoms with E-state index in [0.29, 0.717) is 11.1 Å². The molecule has 3 N–H and O–H groups in total. The van der Waals surface area contributed by atoms with E-state index >= 15 is 0 Å². The molecule has 1 atom stereocenters. The van der Waals surface area contributed by atoms with Crippen molar-refractivity contribution >= 4 is 6.08 Å². The molecule has 0 aliphatic heterocycles. The first-order chi connectivity index (χ1) is 9.09. The van der Waals surface area contributed by atoms with E-state index in [2.05, 4.69) is 0 Å². The second-order valence-electron chi connectivity index (χ2n) is 4.74. The number of hydrogen-bond acceptors (Lipinski definition) is 3. The Hall–Kier alpha value is -2.10. The maximum Gasteiger partial charge on any atom is 0.194 e. The van der Waals surface area contributed by atoms with Crippen LogP contribution in [0, 0.1) is 0 Å². The number of fused-ring (bicyclic) bond motifs is 1. The van der Waals surface area contributed by atoms with Crippen LogP contribution in [-0.2, 0) is 0 Å². The van der Waals surface area contributed by atoms with Gasteiger partial charge in [-0.05, 0) is 29.3 Å². The average Bonchev–Trinajstić information content (AvgIpc) is 2.39. The average molecular weight is 254 g/mol. The molecule has 0 amide bonds. The molecule has 0 radical (unpaired) electrons. The van der Waals surface area contributed by atoms with Gasteiger partial charge in [0.2, 0.25) is 0 Å². The molecule has 96 valence electrons. The highest BCUT2D eigenvalue weighted by Crippen LogP contribution is 2.42. The summed E-state index contributed by atoms with van der Waals surface area (Å²) in [4.78, 5) is 0. The number of phenols is 1. The van der Waals surface area contributed by atoms with Crippen LogP contribution in [-0.4, -0.2) is 21.1 Å². The summed E-state index contributed by atoms with van der Waals surface area (Å²) >= 11 is 0. The number of phenolic OH excluding ortho intramolecular Hbond substituents is 1. The summed E-state index contributed by atoms with van der Waals surface area (Å²) in [6, 6.07) is 14.4. The zero-order valence-corrected chi connectivity index (χ0v) is 10.2. The third-order valence-corrected chi connectivity index (χ3v) is 3.48. The summed E-state index contributed by atoms with van der Waals surface area (Å²) in [5.74, 6) is -2.42. The zero-order valence-electron chi connectivity index (χ0n) is 10.2. The quantitative estimate of drug-likeness (QED) is 0.684. The minimum Gasteiger partial charge on any atom is -0.507 e. The Balaban J connectivity index is 2.23. The summed E-state index contributed by atoms with van der Waals surface area (Å²) in [6.45, 7) is 0. The minimum atomic E-state index is -1.96. The molecule has 3 nitrogen and oxygen atoms in total. The summed E-state index contributed by atoms with van der Waals surface area (Å²) in [7, 11) is 0. The van der Waals surface area contributed by atoms with Crippen LogP contribution >= 0.6 is 0 Å².